The van der Waals surface area contributed by atoms with Gasteiger partial charge in [0.15, 0.2) is 0 Å². The van der Waals surface area contributed by atoms with Gasteiger partial charge in [-0.2, -0.15) is 5.10 Å². The first-order valence-electron chi connectivity index (χ1n) is 11.4. The van der Waals surface area contributed by atoms with Gasteiger partial charge >= 0.3 is 0 Å². The van der Waals surface area contributed by atoms with Gasteiger partial charge in [-0.3, -0.25) is 4.79 Å². The molecule has 0 aliphatic rings. The van der Waals surface area contributed by atoms with Crippen molar-refractivity contribution in [1.29, 1.82) is 0 Å². The third-order valence-electron chi connectivity index (χ3n) is 4.83. The minimum Gasteiger partial charge on any atom is -0.493 e. The second kappa shape index (κ2) is 17.5. The average molecular weight is 467 g/mol. The molecule has 1 N–H and O–H groups in total. The molecule has 1 aromatic carbocycles. The number of ether oxygens (including phenoxy) is 1. The fraction of sp³-hybridized carbons (Fsp3) is 0.667. The monoisotopic (exact) mass is 466 g/mol. The zero-order chi connectivity index (χ0) is 21.2. The molecular weight excluding hydrogens is 428 g/mol. The van der Waals surface area contributed by atoms with Crippen molar-refractivity contribution in [3.05, 3.63) is 28.2 Å². The number of hydrazone groups is 1. The third-order valence-corrected chi connectivity index (χ3v) is 5.33. The van der Waals surface area contributed by atoms with E-state index in [0.717, 1.165) is 35.0 Å². The van der Waals surface area contributed by atoms with Crippen LogP contribution < -0.4 is 10.2 Å². The number of amides is 1. The van der Waals surface area contributed by atoms with Gasteiger partial charge in [0.05, 0.1) is 12.8 Å². The summed E-state index contributed by atoms with van der Waals surface area (Å²) < 4.78 is 6.67. The lowest BCUT2D eigenvalue weighted by atomic mass is 10.1. The van der Waals surface area contributed by atoms with Crippen molar-refractivity contribution in [2.24, 2.45) is 5.10 Å². The molecule has 1 rings (SSSR count). The zero-order valence-electron chi connectivity index (χ0n) is 18.4. The highest BCUT2D eigenvalue weighted by Crippen LogP contribution is 2.22. The maximum Gasteiger partial charge on any atom is 0.240 e. The molecule has 1 aromatic rings. The van der Waals surface area contributed by atoms with Gasteiger partial charge in [0.25, 0.3) is 0 Å². The number of carbonyl (C=O) groups is 1. The van der Waals surface area contributed by atoms with E-state index in [-0.39, 0.29) is 5.91 Å². The molecule has 0 bridgehead atoms. The van der Waals surface area contributed by atoms with Crippen LogP contribution in [0.25, 0.3) is 0 Å². The normalized spacial score (nSPS) is 11.1. The number of halogens is 1. The zero-order valence-corrected chi connectivity index (χ0v) is 19.9. The van der Waals surface area contributed by atoms with E-state index < -0.39 is 0 Å². The molecule has 0 saturated heterocycles. The van der Waals surface area contributed by atoms with Crippen LogP contribution in [0, 0.1) is 0 Å². The van der Waals surface area contributed by atoms with E-state index in [1.165, 1.54) is 57.8 Å². The molecule has 1 amide bonds. The lowest BCUT2D eigenvalue weighted by molar-refractivity contribution is -0.121. The Balaban J connectivity index is 2.13. The summed E-state index contributed by atoms with van der Waals surface area (Å²) in [7, 11) is 0. The molecule has 5 heteroatoms. The summed E-state index contributed by atoms with van der Waals surface area (Å²) in [6, 6.07) is 5.78. The molecule has 0 spiro atoms. The Morgan fingerprint density at radius 1 is 0.966 bits per heavy atom. The standard InChI is InChI=1S/C24H39BrN2O2/c1-3-5-6-7-8-9-10-11-12-13-14-15-24(28)27-26-20-21-19-22(25)16-17-23(21)29-18-4-2/h16-17,19-20H,3-15,18H2,1-2H3,(H,27,28)/b26-20-. The van der Waals surface area contributed by atoms with Crippen molar-refractivity contribution in [3.8, 4) is 5.75 Å². The van der Waals surface area contributed by atoms with Crippen LogP contribution in [0.5, 0.6) is 5.75 Å². The van der Waals surface area contributed by atoms with Gasteiger partial charge in [-0.25, -0.2) is 5.43 Å². The first-order valence-corrected chi connectivity index (χ1v) is 12.2. The predicted octanol–water partition coefficient (Wildman–Crippen LogP) is 7.39. The SMILES string of the molecule is CCCCCCCCCCCCCC(=O)N/N=C\c1cc(Br)ccc1OCCC. The fourth-order valence-electron chi connectivity index (χ4n) is 3.14. The molecule has 0 aliphatic carbocycles. The van der Waals surface area contributed by atoms with Crippen molar-refractivity contribution >= 4 is 28.1 Å². The van der Waals surface area contributed by atoms with E-state index in [4.69, 9.17) is 4.74 Å². The minimum absolute atomic E-state index is 0.0248. The largest absolute Gasteiger partial charge is 0.493 e. The van der Waals surface area contributed by atoms with Gasteiger partial charge < -0.3 is 4.74 Å². The molecule has 0 unspecified atom stereocenters. The number of carbonyl (C=O) groups excluding carboxylic acids is 1. The molecule has 0 heterocycles. The summed E-state index contributed by atoms with van der Waals surface area (Å²) in [5.41, 5.74) is 3.48. The summed E-state index contributed by atoms with van der Waals surface area (Å²) in [6.45, 7) is 4.99. The Kier molecular flexibility index (Phi) is 15.5. The number of nitrogens with zero attached hydrogens (tertiary/aromatic N) is 1. The Morgan fingerprint density at radius 3 is 2.21 bits per heavy atom. The van der Waals surface area contributed by atoms with E-state index >= 15 is 0 Å². The summed E-state index contributed by atoms with van der Waals surface area (Å²) in [6.07, 6.45) is 17.2. The van der Waals surface area contributed by atoms with Crippen molar-refractivity contribution in [2.75, 3.05) is 6.61 Å². The summed E-state index contributed by atoms with van der Waals surface area (Å²) in [5, 5.41) is 4.10. The van der Waals surface area contributed by atoms with Gasteiger partial charge in [-0.05, 0) is 31.0 Å². The second-order valence-electron chi connectivity index (χ2n) is 7.61. The van der Waals surface area contributed by atoms with Gasteiger partial charge in [0.2, 0.25) is 5.91 Å². The number of hydrogen-bond acceptors (Lipinski definition) is 3. The highest BCUT2D eigenvalue weighted by atomic mass is 79.9. The van der Waals surface area contributed by atoms with E-state index in [2.05, 4.69) is 40.3 Å². The van der Waals surface area contributed by atoms with Crippen LogP contribution in [-0.4, -0.2) is 18.7 Å². The first-order chi connectivity index (χ1) is 14.2. The predicted molar refractivity (Wildman–Crippen MR) is 127 cm³/mol. The van der Waals surface area contributed by atoms with Crippen molar-refractivity contribution in [1.82, 2.24) is 5.43 Å². The minimum atomic E-state index is -0.0248. The summed E-state index contributed by atoms with van der Waals surface area (Å²) in [4.78, 5) is 12.0. The van der Waals surface area contributed by atoms with Crippen molar-refractivity contribution in [3.63, 3.8) is 0 Å². The maximum atomic E-state index is 12.0. The molecule has 0 radical (unpaired) electrons. The average Bonchev–Trinajstić information content (AvgIpc) is 2.71. The van der Waals surface area contributed by atoms with Gasteiger partial charge in [-0.15, -0.1) is 0 Å². The fourth-order valence-corrected chi connectivity index (χ4v) is 3.52. The molecule has 29 heavy (non-hydrogen) atoms. The van der Waals surface area contributed by atoms with Crippen LogP contribution in [0.15, 0.2) is 27.8 Å². The molecule has 0 aliphatic heterocycles. The van der Waals surface area contributed by atoms with Gasteiger partial charge in [-0.1, -0.05) is 94.0 Å². The van der Waals surface area contributed by atoms with E-state index in [9.17, 15) is 4.79 Å². The van der Waals surface area contributed by atoms with Crippen LogP contribution in [0.1, 0.15) is 103 Å². The first kappa shape index (κ1) is 25.7. The lowest BCUT2D eigenvalue weighted by Crippen LogP contribution is -2.17. The highest BCUT2D eigenvalue weighted by Gasteiger charge is 2.03. The quantitative estimate of drug-likeness (QED) is 0.148. The smallest absolute Gasteiger partial charge is 0.240 e. The Labute approximate surface area is 186 Å². The highest BCUT2D eigenvalue weighted by molar-refractivity contribution is 9.10. The van der Waals surface area contributed by atoms with Gasteiger partial charge in [0, 0.05) is 16.5 Å². The molecular formula is C24H39BrN2O2. The topological polar surface area (TPSA) is 50.7 Å². The Bertz CT molecular complexity index is 590. The van der Waals surface area contributed by atoms with Crippen molar-refractivity contribution < 1.29 is 9.53 Å². The number of rotatable bonds is 17. The summed E-state index contributed by atoms with van der Waals surface area (Å²) in [5.74, 6) is 0.751. The molecule has 0 fully saturated rings. The second-order valence-corrected chi connectivity index (χ2v) is 8.52. The van der Waals surface area contributed by atoms with E-state index in [1.807, 2.05) is 18.2 Å². The maximum absolute atomic E-state index is 12.0. The summed E-state index contributed by atoms with van der Waals surface area (Å²) >= 11 is 3.46. The van der Waals surface area contributed by atoms with E-state index in [0.29, 0.717) is 13.0 Å². The number of unbranched alkanes of at least 4 members (excludes halogenated alkanes) is 10. The van der Waals surface area contributed by atoms with E-state index in [1.54, 1.807) is 6.21 Å². The molecule has 164 valence electrons. The Hall–Kier alpha value is -1.36. The lowest BCUT2D eigenvalue weighted by Gasteiger charge is -2.08. The van der Waals surface area contributed by atoms with Crippen LogP contribution in [0.4, 0.5) is 0 Å². The van der Waals surface area contributed by atoms with Crippen LogP contribution >= 0.6 is 15.9 Å². The Morgan fingerprint density at radius 2 is 1.59 bits per heavy atom. The van der Waals surface area contributed by atoms with Crippen LogP contribution in [0.2, 0.25) is 0 Å². The number of nitrogens with one attached hydrogen (secondary N) is 1. The molecule has 4 nitrogen and oxygen atoms in total. The number of benzene rings is 1. The molecule has 0 aromatic heterocycles. The number of hydrogen-bond donors (Lipinski definition) is 1. The van der Waals surface area contributed by atoms with Gasteiger partial charge in [0.1, 0.15) is 5.75 Å². The van der Waals surface area contributed by atoms with Crippen LogP contribution in [-0.2, 0) is 4.79 Å². The molecule has 0 saturated carbocycles. The van der Waals surface area contributed by atoms with Crippen molar-refractivity contribution in [2.45, 2.75) is 97.3 Å². The third kappa shape index (κ3) is 13.5. The van der Waals surface area contributed by atoms with Crippen LogP contribution in [0.3, 0.4) is 0 Å². The molecule has 0 atom stereocenters.